The van der Waals surface area contributed by atoms with Gasteiger partial charge in [0.2, 0.25) is 0 Å². The lowest BCUT2D eigenvalue weighted by atomic mass is 10.1. The zero-order valence-electron chi connectivity index (χ0n) is 10.6. The van der Waals surface area contributed by atoms with Gasteiger partial charge in [0.05, 0.1) is 0 Å². The van der Waals surface area contributed by atoms with Gasteiger partial charge in [-0.1, -0.05) is 15.9 Å². The van der Waals surface area contributed by atoms with Crippen LogP contribution in [-0.2, 0) is 4.79 Å². The summed E-state index contributed by atoms with van der Waals surface area (Å²) in [7, 11) is 0. The zero-order valence-corrected chi connectivity index (χ0v) is 13.0. The molecule has 1 aromatic carbocycles. The van der Waals surface area contributed by atoms with Crippen molar-refractivity contribution in [1.29, 1.82) is 0 Å². The average Bonchev–Trinajstić information content (AvgIpc) is 2.67. The number of carbonyl (C=O) groups is 1. The van der Waals surface area contributed by atoms with E-state index in [0.717, 1.165) is 25.5 Å². The van der Waals surface area contributed by atoms with Gasteiger partial charge >= 0.3 is 5.97 Å². The quantitative estimate of drug-likeness (QED) is 0.869. The molecule has 2 N–H and O–H groups in total. The average molecular weight is 340 g/mol. The molecule has 0 saturated heterocycles. The predicted octanol–water partition coefficient (Wildman–Crippen LogP) is 4.37. The molecule has 2 aromatic rings. The van der Waals surface area contributed by atoms with Crippen LogP contribution in [0.5, 0.6) is 0 Å². The van der Waals surface area contributed by atoms with Crippen molar-refractivity contribution in [3.63, 3.8) is 0 Å². The van der Waals surface area contributed by atoms with Crippen LogP contribution in [0.1, 0.15) is 21.4 Å². The molecule has 0 radical (unpaired) electrons. The van der Waals surface area contributed by atoms with Gasteiger partial charge in [0.15, 0.2) is 6.04 Å². The number of hydrogen-bond donors (Lipinski definition) is 2. The zero-order chi connectivity index (χ0) is 14.0. The Bertz CT molecular complexity index is 592. The Labute approximate surface area is 124 Å². The van der Waals surface area contributed by atoms with E-state index in [4.69, 9.17) is 0 Å². The topological polar surface area (TPSA) is 49.3 Å². The van der Waals surface area contributed by atoms with E-state index in [1.807, 2.05) is 44.2 Å². The maximum atomic E-state index is 11.5. The summed E-state index contributed by atoms with van der Waals surface area (Å²) in [5.74, 6) is -0.871. The Morgan fingerprint density at radius 3 is 2.42 bits per heavy atom. The Balaban J connectivity index is 2.29. The highest BCUT2D eigenvalue weighted by atomic mass is 79.9. The molecule has 1 unspecified atom stereocenters. The molecular weight excluding hydrogens is 326 g/mol. The summed E-state index contributed by atoms with van der Waals surface area (Å²) in [5, 5.41) is 12.5. The van der Waals surface area contributed by atoms with Crippen LogP contribution in [0.4, 0.5) is 5.69 Å². The van der Waals surface area contributed by atoms with E-state index in [9.17, 15) is 9.90 Å². The molecule has 1 atom stereocenters. The van der Waals surface area contributed by atoms with Crippen molar-refractivity contribution in [3.05, 3.63) is 50.1 Å². The second-order valence-electron chi connectivity index (χ2n) is 4.29. The fourth-order valence-corrected chi connectivity index (χ4v) is 3.15. The van der Waals surface area contributed by atoms with Crippen molar-refractivity contribution in [2.75, 3.05) is 5.32 Å². The molecule has 0 bridgehead atoms. The van der Waals surface area contributed by atoms with Gasteiger partial charge in [0.1, 0.15) is 0 Å². The molecule has 0 amide bonds. The number of halogens is 1. The lowest BCUT2D eigenvalue weighted by Gasteiger charge is -2.16. The van der Waals surface area contributed by atoms with E-state index >= 15 is 0 Å². The van der Waals surface area contributed by atoms with Crippen molar-refractivity contribution >= 4 is 38.9 Å². The van der Waals surface area contributed by atoms with Gasteiger partial charge in [-0.15, -0.1) is 11.3 Å². The first kappa shape index (κ1) is 14.1. The van der Waals surface area contributed by atoms with Crippen molar-refractivity contribution in [1.82, 2.24) is 0 Å². The van der Waals surface area contributed by atoms with Crippen LogP contribution < -0.4 is 5.32 Å². The van der Waals surface area contributed by atoms with Crippen LogP contribution in [-0.4, -0.2) is 11.1 Å². The van der Waals surface area contributed by atoms with E-state index in [-0.39, 0.29) is 0 Å². The molecule has 3 nitrogen and oxygen atoms in total. The minimum absolute atomic E-state index is 0.717. The number of aryl methyl sites for hydroxylation is 2. The van der Waals surface area contributed by atoms with Crippen LogP contribution in [0.15, 0.2) is 34.8 Å². The van der Waals surface area contributed by atoms with Crippen molar-refractivity contribution in [2.24, 2.45) is 0 Å². The number of carboxylic acids is 1. The van der Waals surface area contributed by atoms with Gasteiger partial charge in [-0.3, -0.25) is 0 Å². The molecule has 1 aromatic heterocycles. The van der Waals surface area contributed by atoms with Crippen LogP contribution in [0.2, 0.25) is 0 Å². The van der Waals surface area contributed by atoms with Crippen LogP contribution in [0, 0.1) is 13.8 Å². The first-order valence-corrected chi connectivity index (χ1v) is 7.40. The highest BCUT2D eigenvalue weighted by molar-refractivity contribution is 9.10. The molecule has 2 rings (SSSR count). The van der Waals surface area contributed by atoms with E-state index in [1.165, 1.54) is 0 Å². The monoisotopic (exact) mass is 339 g/mol. The molecule has 100 valence electrons. The van der Waals surface area contributed by atoms with E-state index in [0.29, 0.717) is 0 Å². The number of benzene rings is 1. The Kier molecular flexibility index (Phi) is 4.27. The number of nitrogens with one attached hydrogen (secondary N) is 1. The van der Waals surface area contributed by atoms with E-state index < -0.39 is 12.0 Å². The van der Waals surface area contributed by atoms with Crippen LogP contribution in [0.3, 0.4) is 0 Å². The fourth-order valence-electron chi connectivity index (χ4n) is 1.92. The number of hydrogen-bond acceptors (Lipinski definition) is 3. The largest absolute Gasteiger partial charge is 0.479 e. The second kappa shape index (κ2) is 5.75. The second-order valence-corrected chi connectivity index (χ2v) is 6.67. The molecule has 5 heteroatoms. The van der Waals surface area contributed by atoms with Gasteiger partial charge in [-0.2, -0.15) is 0 Å². The van der Waals surface area contributed by atoms with Crippen molar-refractivity contribution < 1.29 is 9.90 Å². The van der Waals surface area contributed by atoms with Gasteiger partial charge < -0.3 is 10.4 Å². The lowest BCUT2D eigenvalue weighted by Crippen LogP contribution is -2.20. The third-order valence-electron chi connectivity index (χ3n) is 2.79. The first-order valence-electron chi connectivity index (χ1n) is 5.79. The third-order valence-corrected chi connectivity index (χ3v) is 4.30. The molecule has 0 fully saturated rings. The summed E-state index contributed by atoms with van der Waals surface area (Å²) in [6.45, 7) is 3.94. The lowest BCUT2D eigenvalue weighted by molar-refractivity contribution is -0.138. The summed E-state index contributed by atoms with van der Waals surface area (Å²) in [6.07, 6.45) is 0. The molecule has 0 aliphatic carbocycles. The number of thiophene rings is 1. The summed E-state index contributed by atoms with van der Waals surface area (Å²) in [5.41, 5.74) is 1.62. The van der Waals surface area contributed by atoms with Gasteiger partial charge in [0.25, 0.3) is 0 Å². The maximum absolute atomic E-state index is 11.5. The van der Waals surface area contributed by atoms with Crippen molar-refractivity contribution in [2.45, 2.75) is 19.9 Å². The third kappa shape index (κ3) is 3.36. The van der Waals surface area contributed by atoms with E-state index in [1.54, 1.807) is 11.3 Å². The smallest absolute Gasteiger partial charge is 0.330 e. The molecule has 0 spiro atoms. The number of anilines is 1. The summed E-state index contributed by atoms with van der Waals surface area (Å²) in [4.78, 5) is 13.6. The first-order chi connectivity index (χ1) is 8.97. The highest BCUT2D eigenvalue weighted by Crippen LogP contribution is 2.29. The molecule has 19 heavy (non-hydrogen) atoms. The number of aliphatic carboxylic acids is 1. The summed E-state index contributed by atoms with van der Waals surface area (Å²) < 4.78 is 0.965. The molecule has 0 saturated carbocycles. The molecule has 0 aliphatic heterocycles. The summed E-state index contributed by atoms with van der Waals surface area (Å²) in [6, 6.07) is 8.69. The minimum Gasteiger partial charge on any atom is -0.479 e. The highest BCUT2D eigenvalue weighted by Gasteiger charge is 2.22. The standard InChI is InChI=1S/C14H14BrNO2S/c1-8-7-12(9(2)19-8)13(14(17)18)16-11-5-3-10(15)4-6-11/h3-7,13,16H,1-2H3,(H,17,18). The Hall–Kier alpha value is -1.33. The molecule has 1 heterocycles. The van der Waals surface area contributed by atoms with Gasteiger partial charge in [-0.25, -0.2) is 4.79 Å². The van der Waals surface area contributed by atoms with Gasteiger partial charge in [0, 0.05) is 19.9 Å². The number of carboxylic acid groups (broad SMARTS) is 1. The maximum Gasteiger partial charge on any atom is 0.330 e. The Morgan fingerprint density at radius 2 is 1.95 bits per heavy atom. The SMILES string of the molecule is Cc1cc(C(Nc2ccc(Br)cc2)C(=O)O)c(C)s1. The van der Waals surface area contributed by atoms with Crippen molar-refractivity contribution in [3.8, 4) is 0 Å². The Morgan fingerprint density at radius 1 is 1.32 bits per heavy atom. The molecule has 0 aliphatic rings. The minimum atomic E-state index is -0.871. The normalized spacial score (nSPS) is 12.2. The summed E-state index contributed by atoms with van der Waals surface area (Å²) >= 11 is 4.98. The van der Waals surface area contributed by atoms with Crippen LogP contribution in [0.25, 0.3) is 0 Å². The van der Waals surface area contributed by atoms with Crippen LogP contribution >= 0.6 is 27.3 Å². The van der Waals surface area contributed by atoms with E-state index in [2.05, 4.69) is 21.2 Å². The fraction of sp³-hybridized carbons (Fsp3) is 0.214. The predicted molar refractivity (Wildman–Crippen MR) is 81.9 cm³/mol. The number of rotatable bonds is 4. The molecular formula is C14H14BrNO2S. The van der Waals surface area contributed by atoms with Gasteiger partial charge in [-0.05, 0) is 49.7 Å².